The number of carbonyl (C=O) groups is 2. The Hall–Kier alpha value is -0.900. The van der Waals surface area contributed by atoms with Crippen molar-refractivity contribution in [2.75, 3.05) is 7.05 Å². The normalized spacial score (nSPS) is 28.6. The summed E-state index contributed by atoms with van der Waals surface area (Å²) in [7, 11) is 1.58. The topological polar surface area (TPSA) is 49.4 Å². The molecule has 0 bridgehead atoms. The van der Waals surface area contributed by atoms with Crippen molar-refractivity contribution < 1.29 is 9.59 Å². The molecular weight excluding hydrogens is 204 g/mol. The van der Waals surface area contributed by atoms with Crippen molar-refractivity contribution in [3.05, 3.63) is 0 Å². The number of carbonyl (C=O) groups excluding carboxylic acids is 2. The lowest BCUT2D eigenvalue weighted by atomic mass is 9.93. The lowest BCUT2D eigenvalue weighted by Crippen LogP contribution is -2.54. The van der Waals surface area contributed by atoms with Gasteiger partial charge in [-0.3, -0.25) is 14.5 Å². The zero-order valence-corrected chi connectivity index (χ0v) is 9.87. The van der Waals surface area contributed by atoms with Crippen molar-refractivity contribution in [2.45, 2.75) is 57.0 Å². The SMILES string of the molecule is CN1C(=O)CCC(NC2CCCCC2)C1=O. The van der Waals surface area contributed by atoms with Crippen LogP contribution in [0.5, 0.6) is 0 Å². The Labute approximate surface area is 96.4 Å². The highest BCUT2D eigenvalue weighted by Gasteiger charge is 2.32. The van der Waals surface area contributed by atoms with Gasteiger partial charge < -0.3 is 5.32 Å². The van der Waals surface area contributed by atoms with Gasteiger partial charge in [-0.25, -0.2) is 0 Å². The van der Waals surface area contributed by atoms with Crippen LogP contribution in [0.3, 0.4) is 0 Å². The van der Waals surface area contributed by atoms with Gasteiger partial charge in [-0.2, -0.15) is 0 Å². The summed E-state index contributed by atoms with van der Waals surface area (Å²) in [5.41, 5.74) is 0. The number of rotatable bonds is 2. The summed E-state index contributed by atoms with van der Waals surface area (Å²) in [5.74, 6) is -0.103. The molecule has 4 nitrogen and oxygen atoms in total. The number of hydrogen-bond acceptors (Lipinski definition) is 3. The van der Waals surface area contributed by atoms with Crippen LogP contribution < -0.4 is 5.32 Å². The fourth-order valence-corrected chi connectivity index (χ4v) is 2.62. The number of nitrogens with one attached hydrogen (secondary N) is 1. The molecule has 2 fully saturated rings. The first-order chi connectivity index (χ1) is 7.68. The minimum Gasteiger partial charge on any atom is -0.303 e. The predicted molar refractivity (Wildman–Crippen MR) is 60.8 cm³/mol. The largest absolute Gasteiger partial charge is 0.303 e. The Kier molecular flexibility index (Phi) is 3.59. The Morgan fingerprint density at radius 2 is 1.81 bits per heavy atom. The third-order valence-electron chi connectivity index (χ3n) is 3.69. The molecule has 1 atom stereocenters. The van der Waals surface area contributed by atoms with E-state index in [4.69, 9.17) is 0 Å². The third kappa shape index (κ3) is 2.43. The molecule has 0 radical (unpaired) electrons. The molecule has 0 spiro atoms. The molecule has 16 heavy (non-hydrogen) atoms. The molecule has 4 heteroatoms. The number of piperidine rings is 1. The monoisotopic (exact) mass is 224 g/mol. The van der Waals surface area contributed by atoms with Crippen LogP contribution in [-0.4, -0.2) is 35.8 Å². The molecule has 2 aliphatic rings. The maximum atomic E-state index is 11.9. The second kappa shape index (κ2) is 4.95. The summed E-state index contributed by atoms with van der Waals surface area (Å²) in [6.07, 6.45) is 7.32. The van der Waals surface area contributed by atoms with E-state index in [9.17, 15) is 9.59 Å². The minimum atomic E-state index is -0.134. The van der Waals surface area contributed by atoms with E-state index in [0.29, 0.717) is 18.9 Å². The first-order valence-corrected chi connectivity index (χ1v) is 6.25. The van der Waals surface area contributed by atoms with Gasteiger partial charge in [-0.1, -0.05) is 19.3 Å². The summed E-state index contributed by atoms with van der Waals surface area (Å²) in [4.78, 5) is 24.4. The van der Waals surface area contributed by atoms with Gasteiger partial charge in [0.15, 0.2) is 0 Å². The maximum absolute atomic E-state index is 11.9. The number of hydrogen-bond donors (Lipinski definition) is 1. The van der Waals surface area contributed by atoms with Gasteiger partial charge in [0.1, 0.15) is 0 Å². The average Bonchev–Trinajstić information content (AvgIpc) is 2.31. The second-order valence-electron chi connectivity index (χ2n) is 4.88. The molecule has 1 aliphatic carbocycles. The minimum absolute atomic E-state index is 0.0494. The van der Waals surface area contributed by atoms with Crippen LogP contribution in [0, 0.1) is 0 Å². The van der Waals surface area contributed by atoms with E-state index in [1.54, 1.807) is 7.05 Å². The Balaban J connectivity index is 1.89. The lowest BCUT2D eigenvalue weighted by Gasteiger charge is -2.32. The molecule has 0 aromatic heterocycles. The average molecular weight is 224 g/mol. The summed E-state index contributed by atoms with van der Waals surface area (Å²) in [6.45, 7) is 0. The summed E-state index contributed by atoms with van der Waals surface area (Å²) in [5, 5.41) is 3.42. The first kappa shape index (κ1) is 11.6. The zero-order valence-electron chi connectivity index (χ0n) is 9.87. The van der Waals surface area contributed by atoms with Crippen molar-refractivity contribution in [1.29, 1.82) is 0 Å². The smallest absolute Gasteiger partial charge is 0.246 e. The van der Waals surface area contributed by atoms with E-state index in [1.807, 2.05) is 0 Å². The Bertz CT molecular complexity index is 285. The molecule has 2 amide bonds. The predicted octanol–water partition coefficient (Wildman–Crippen LogP) is 1.06. The van der Waals surface area contributed by atoms with Crippen molar-refractivity contribution in [3.8, 4) is 0 Å². The molecule has 1 N–H and O–H groups in total. The highest BCUT2D eigenvalue weighted by molar-refractivity contribution is 6.00. The summed E-state index contributed by atoms with van der Waals surface area (Å²) >= 11 is 0. The molecule has 2 rings (SSSR count). The number of likely N-dealkylation sites (tertiary alicyclic amines) is 1. The van der Waals surface area contributed by atoms with Gasteiger partial charge in [0.05, 0.1) is 6.04 Å². The first-order valence-electron chi connectivity index (χ1n) is 6.25. The number of nitrogens with zero attached hydrogens (tertiary/aromatic N) is 1. The third-order valence-corrected chi connectivity index (χ3v) is 3.69. The van der Waals surface area contributed by atoms with Crippen LogP contribution in [0.2, 0.25) is 0 Å². The number of imide groups is 1. The highest BCUT2D eigenvalue weighted by Crippen LogP contribution is 2.20. The van der Waals surface area contributed by atoms with Gasteiger partial charge in [-0.05, 0) is 19.3 Å². The molecule has 90 valence electrons. The van der Waals surface area contributed by atoms with Gasteiger partial charge in [0.25, 0.3) is 0 Å². The number of amides is 2. The standard InChI is InChI=1S/C12H20N2O2/c1-14-11(15)8-7-10(12(14)16)13-9-5-3-2-4-6-9/h9-10,13H,2-8H2,1H3. The van der Waals surface area contributed by atoms with E-state index >= 15 is 0 Å². The van der Waals surface area contributed by atoms with Crippen molar-refractivity contribution in [2.24, 2.45) is 0 Å². The maximum Gasteiger partial charge on any atom is 0.246 e. The van der Waals surface area contributed by atoms with Crippen molar-refractivity contribution in [1.82, 2.24) is 10.2 Å². The van der Waals surface area contributed by atoms with Crippen LogP contribution >= 0.6 is 0 Å². The van der Waals surface area contributed by atoms with Gasteiger partial charge in [-0.15, -0.1) is 0 Å². The van der Waals surface area contributed by atoms with Crippen molar-refractivity contribution >= 4 is 11.8 Å². The van der Waals surface area contributed by atoms with E-state index < -0.39 is 0 Å². The summed E-state index contributed by atoms with van der Waals surface area (Å²) in [6, 6.07) is 0.343. The number of likely N-dealkylation sites (N-methyl/N-ethyl adjacent to an activating group) is 1. The van der Waals surface area contributed by atoms with Gasteiger partial charge in [0, 0.05) is 19.5 Å². The van der Waals surface area contributed by atoms with E-state index in [0.717, 1.165) is 0 Å². The van der Waals surface area contributed by atoms with E-state index in [1.165, 1.54) is 37.0 Å². The van der Waals surface area contributed by atoms with E-state index in [2.05, 4.69) is 5.32 Å². The van der Waals surface area contributed by atoms with Gasteiger partial charge >= 0.3 is 0 Å². The Morgan fingerprint density at radius 3 is 2.50 bits per heavy atom. The molecule has 1 saturated heterocycles. The second-order valence-corrected chi connectivity index (χ2v) is 4.88. The molecule has 0 aromatic rings. The van der Waals surface area contributed by atoms with Crippen LogP contribution in [0.4, 0.5) is 0 Å². The van der Waals surface area contributed by atoms with Crippen LogP contribution in [-0.2, 0) is 9.59 Å². The fourth-order valence-electron chi connectivity index (χ4n) is 2.62. The van der Waals surface area contributed by atoms with Crippen LogP contribution in [0.1, 0.15) is 44.9 Å². The van der Waals surface area contributed by atoms with E-state index in [-0.39, 0.29) is 17.9 Å². The molecule has 1 unspecified atom stereocenters. The molecule has 1 aliphatic heterocycles. The fraction of sp³-hybridized carbons (Fsp3) is 0.833. The molecule has 0 aromatic carbocycles. The zero-order chi connectivity index (χ0) is 11.5. The van der Waals surface area contributed by atoms with Gasteiger partial charge in [0.2, 0.25) is 11.8 Å². The Morgan fingerprint density at radius 1 is 1.12 bits per heavy atom. The van der Waals surface area contributed by atoms with Crippen molar-refractivity contribution in [3.63, 3.8) is 0 Å². The lowest BCUT2D eigenvalue weighted by molar-refractivity contribution is -0.148. The van der Waals surface area contributed by atoms with Crippen LogP contribution in [0.15, 0.2) is 0 Å². The molecular formula is C12H20N2O2. The quantitative estimate of drug-likeness (QED) is 0.713. The van der Waals surface area contributed by atoms with Crippen LogP contribution in [0.25, 0.3) is 0 Å². The molecule has 1 saturated carbocycles. The highest BCUT2D eigenvalue weighted by atomic mass is 16.2. The summed E-state index contributed by atoms with van der Waals surface area (Å²) < 4.78 is 0. The molecule has 1 heterocycles.